The Bertz CT molecular complexity index is 215. The summed E-state index contributed by atoms with van der Waals surface area (Å²) in [6.07, 6.45) is 4.71. The second-order valence-electron chi connectivity index (χ2n) is 3.78. The molecule has 0 heterocycles. The van der Waals surface area contributed by atoms with Crippen LogP contribution in [0.3, 0.4) is 0 Å². The molecule has 0 aromatic rings. The van der Waals surface area contributed by atoms with Crippen LogP contribution in [-0.2, 0) is 4.79 Å². The van der Waals surface area contributed by atoms with Crippen molar-refractivity contribution in [3.05, 3.63) is 0 Å². The van der Waals surface area contributed by atoms with E-state index in [1.807, 2.05) is 0 Å². The summed E-state index contributed by atoms with van der Waals surface area (Å²) < 4.78 is 0. The van der Waals surface area contributed by atoms with Crippen LogP contribution < -0.4 is 5.43 Å². The zero-order chi connectivity index (χ0) is 11.7. The van der Waals surface area contributed by atoms with E-state index in [0.29, 0.717) is 5.92 Å². The Morgan fingerprint density at radius 3 is 2.60 bits per heavy atom. The van der Waals surface area contributed by atoms with Crippen molar-refractivity contribution in [2.24, 2.45) is 11.0 Å². The molecule has 0 rings (SSSR count). The molecule has 0 aliphatic carbocycles. The molecule has 88 valence electrons. The highest BCUT2D eigenvalue weighted by Gasteiger charge is 2.05. The van der Waals surface area contributed by atoms with Gasteiger partial charge in [0, 0.05) is 6.54 Å². The maximum absolute atomic E-state index is 10.4. The zero-order valence-electron chi connectivity index (χ0n) is 9.92. The fourth-order valence-electron chi connectivity index (χ4n) is 1.28. The van der Waals surface area contributed by atoms with Gasteiger partial charge in [0.05, 0.1) is 0 Å². The number of nitrogens with zero attached hydrogens (tertiary/aromatic N) is 1. The number of hydrogen-bond donors (Lipinski definition) is 2. The lowest BCUT2D eigenvalue weighted by atomic mass is 10.00. The van der Waals surface area contributed by atoms with Crippen LogP contribution >= 0.6 is 0 Å². The van der Waals surface area contributed by atoms with Crippen LogP contribution in [0.25, 0.3) is 0 Å². The monoisotopic (exact) mass is 214 g/mol. The van der Waals surface area contributed by atoms with Gasteiger partial charge in [-0.1, -0.05) is 33.1 Å². The highest BCUT2D eigenvalue weighted by atomic mass is 16.4. The number of carbonyl (C=O) groups is 1. The molecule has 0 amide bonds. The minimum absolute atomic E-state index is 0.111. The maximum atomic E-state index is 10.4. The number of nitrogens with one attached hydrogen (secondary N) is 1. The summed E-state index contributed by atoms with van der Waals surface area (Å²) in [6.45, 7) is 6.58. The molecule has 0 saturated carbocycles. The van der Waals surface area contributed by atoms with Gasteiger partial charge in [0.1, 0.15) is 5.71 Å². The van der Waals surface area contributed by atoms with Crippen molar-refractivity contribution >= 4 is 11.7 Å². The van der Waals surface area contributed by atoms with Gasteiger partial charge in [0.15, 0.2) is 0 Å². The van der Waals surface area contributed by atoms with E-state index >= 15 is 0 Å². The molecule has 0 aromatic carbocycles. The molecule has 1 unspecified atom stereocenters. The standard InChI is InChI=1S/C11H22N2O2/c1-4-6-7-10(5-2)8-12-13-9(3)11(14)15/h10,12H,4-8H2,1-3H3,(H,14,15). The van der Waals surface area contributed by atoms with E-state index in [4.69, 9.17) is 5.11 Å². The van der Waals surface area contributed by atoms with Crippen molar-refractivity contribution < 1.29 is 9.90 Å². The number of hydrazone groups is 1. The molecule has 15 heavy (non-hydrogen) atoms. The summed E-state index contributed by atoms with van der Waals surface area (Å²) in [5.74, 6) is -0.376. The largest absolute Gasteiger partial charge is 0.477 e. The Labute approximate surface area is 91.8 Å². The highest BCUT2D eigenvalue weighted by Crippen LogP contribution is 2.10. The second-order valence-corrected chi connectivity index (χ2v) is 3.78. The summed E-state index contributed by atoms with van der Waals surface area (Å²) in [5, 5.41) is 12.4. The smallest absolute Gasteiger partial charge is 0.351 e. The van der Waals surface area contributed by atoms with Crippen LogP contribution in [0.1, 0.15) is 46.5 Å². The lowest BCUT2D eigenvalue weighted by Gasteiger charge is -2.13. The summed E-state index contributed by atoms with van der Waals surface area (Å²) in [5.41, 5.74) is 2.94. The quantitative estimate of drug-likeness (QED) is 0.481. The minimum atomic E-state index is -0.968. The average molecular weight is 214 g/mol. The first-order chi connectivity index (χ1) is 7.11. The van der Waals surface area contributed by atoms with E-state index < -0.39 is 5.97 Å². The first-order valence-corrected chi connectivity index (χ1v) is 5.62. The highest BCUT2D eigenvalue weighted by molar-refractivity contribution is 6.34. The molecule has 0 saturated heterocycles. The first kappa shape index (κ1) is 13.9. The molecule has 0 aliphatic rings. The number of hydrogen-bond acceptors (Lipinski definition) is 3. The third kappa shape index (κ3) is 6.94. The van der Waals surface area contributed by atoms with E-state index in [1.165, 1.54) is 26.2 Å². The molecule has 0 spiro atoms. The molecule has 4 nitrogen and oxygen atoms in total. The average Bonchev–Trinajstić information content (AvgIpc) is 2.22. The third-order valence-corrected chi connectivity index (χ3v) is 2.48. The normalized spacial score (nSPS) is 13.7. The Morgan fingerprint density at radius 1 is 1.47 bits per heavy atom. The van der Waals surface area contributed by atoms with Crippen molar-refractivity contribution in [3.8, 4) is 0 Å². The van der Waals surface area contributed by atoms with E-state index in [0.717, 1.165) is 13.0 Å². The molecule has 0 radical (unpaired) electrons. The van der Waals surface area contributed by atoms with Crippen LogP contribution in [0.4, 0.5) is 0 Å². The molecule has 0 fully saturated rings. The van der Waals surface area contributed by atoms with Crippen LogP contribution in [-0.4, -0.2) is 23.3 Å². The minimum Gasteiger partial charge on any atom is -0.477 e. The van der Waals surface area contributed by atoms with E-state index in [9.17, 15) is 4.79 Å². The van der Waals surface area contributed by atoms with Crippen LogP contribution in [0, 0.1) is 5.92 Å². The summed E-state index contributed by atoms with van der Waals surface area (Å²) >= 11 is 0. The molecule has 1 atom stereocenters. The number of carboxylic acid groups (broad SMARTS) is 1. The van der Waals surface area contributed by atoms with Crippen molar-refractivity contribution in [2.75, 3.05) is 6.54 Å². The maximum Gasteiger partial charge on any atom is 0.351 e. The van der Waals surface area contributed by atoms with Crippen molar-refractivity contribution in [1.29, 1.82) is 0 Å². The van der Waals surface area contributed by atoms with Crippen molar-refractivity contribution in [1.82, 2.24) is 5.43 Å². The summed E-state index contributed by atoms with van der Waals surface area (Å²) in [7, 11) is 0. The molecule has 2 N–H and O–H groups in total. The SMILES string of the molecule is CCCCC(CC)CNN=C(C)C(=O)O. The van der Waals surface area contributed by atoms with Crippen molar-refractivity contribution in [2.45, 2.75) is 46.5 Å². The number of unbranched alkanes of at least 4 members (excludes halogenated alkanes) is 1. The first-order valence-electron chi connectivity index (χ1n) is 5.62. The van der Waals surface area contributed by atoms with Gasteiger partial charge in [-0.15, -0.1) is 0 Å². The molecule has 0 bridgehead atoms. The van der Waals surface area contributed by atoms with Crippen LogP contribution in [0.5, 0.6) is 0 Å². The van der Waals surface area contributed by atoms with Gasteiger partial charge in [-0.05, 0) is 19.3 Å². The Balaban J connectivity index is 3.80. The Kier molecular flexibility index (Phi) is 7.68. The van der Waals surface area contributed by atoms with Gasteiger partial charge in [0.25, 0.3) is 0 Å². The molecular formula is C11H22N2O2. The topological polar surface area (TPSA) is 61.7 Å². The lowest BCUT2D eigenvalue weighted by Crippen LogP contribution is -2.21. The van der Waals surface area contributed by atoms with Gasteiger partial charge < -0.3 is 10.5 Å². The van der Waals surface area contributed by atoms with E-state index in [-0.39, 0.29) is 5.71 Å². The van der Waals surface area contributed by atoms with E-state index in [2.05, 4.69) is 24.4 Å². The third-order valence-electron chi connectivity index (χ3n) is 2.48. The lowest BCUT2D eigenvalue weighted by molar-refractivity contribution is -0.129. The fraction of sp³-hybridized carbons (Fsp3) is 0.818. The molecular weight excluding hydrogens is 192 g/mol. The molecule has 4 heteroatoms. The predicted molar refractivity (Wildman–Crippen MR) is 62.1 cm³/mol. The Morgan fingerprint density at radius 2 is 2.13 bits per heavy atom. The zero-order valence-corrected chi connectivity index (χ0v) is 9.92. The van der Waals surface area contributed by atoms with Crippen LogP contribution in [0.15, 0.2) is 5.10 Å². The molecule has 0 aromatic heterocycles. The summed E-state index contributed by atoms with van der Waals surface area (Å²) in [6, 6.07) is 0. The summed E-state index contributed by atoms with van der Waals surface area (Å²) in [4.78, 5) is 10.4. The predicted octanol–water partition coefficient (Wildman–Crippen LogP) is 2.25. The van der Waals surface area contributed by atoms with Crippen molar-refractivity contribution in [3.63, 3.8) is 0 Å². The van der Waals surface area contributed by atoms with Gasteiger partial charge in [-0.3, -0.25) is 0 Å². The number of rotatable bonds is 8. The Hall–Kier alpha value is -1.06. The fourth-order valence-corrected chi connectivity index (χ4v) is 1.28. The van der Waals surface area contributed by atoms with E-state index in [1.54, 1.807) is 0 Å². The number of carboxylic acids is 1. The molecule has 0 aliphatic heterocycles. The second kappa shape index (κ2) is 8.26. The van der Waals surface area contributed by atoms with Gasteiger partial charge in [-0.2, -0.15) is 5.10 Å². The van der Waals surface area contributed by atoms with Crippen LogP contribution in [0.2, 0.25) is 0 Å². The van der Waals surface area contributed by atoms with Gasteiger partial charge in [0.2, 0.25) is 0 Å². The van der Waals surface area contributed by atoms with Gasteiger partial charge >= 0.3 is 5.97 Å². The van der Waals surface area contributed by atoms with Gasteiger partial charge in [-0.25, -0.2) is 4.79 Å². The number of aliphatic carboxylic acids is 1.